The van der Waals surface area contributed by atoms with Crippen LogP contribution in [0.2, 0.25) is 0 Å². The number of pyridine rings is 2. The number of benzene rings is 4. The number of hydrogen-bond acceptors (Lipinski definition) is 6. The van der Waals surface area contributed by atoms with Gasteiger partial charge in [0, 0.05) is 34.4 Å². The monoisotopic (exact) mass is 804 g/mol. The maximum Gasteiger partial charge on any atom is 0.294 e. The number of hydrogen-bond donors (Lipinski definition) is 3. The molecular formula is C45H40N8O5S+2. The molecule has 0 aliphatic carbocycles. The first-order valence-electron chi connectivity index (χ1n) is 18.4. The summed E-state index contributed by atoms with van der Waals surface area (Å²) >= 11 is 0. The molecule has 4 heterocycles. The van der Waals surface area contributed by atoms with Gasteiger partial charge in [0.15, 0.2) is 11.4 Å². The van der Waals surface area contributed by atoms with Gasteiger partial charge in [-0.05, 0) is 90.8 Å². The number of carbonyl (C=O) groups is 2. The molecular weight excluding hydrogens is 765 g/mol. The molecule has 4 aromatic heterocycles. The van der Waals surface area contributed by atoms with Crippen LogP contribution in [-0.2, 0) is 24.2 Å². The highest BCUT2D eigenvalue weighted by atomic mass is 32.2. The number of imidazole rings is 2. The van der Waals surface area contributed by atoms with Crippen LogP contribution in [-0.4, -0.2) is 46.3 Å². The van der Waals surface area contributed by atoms with Crippen molar-refractivity contribution in [2.75, 3.05) is 0 Å². The summed E-state index contributed by atoms with van der Waals surface area (Å²) in [6, 6.07) is 40.3. The zero-order valence-corrected chi connectivity index (χ0v) is 33.2. The lowest BCUT2D eigenvalue weighted by atomic mass is 10.1. The van der Waals surface area contributed by atoms with Gasteiger partial charge < -0.3 is 0 Å². The van der Waals surface area contributed by atoms with E-state index in [0.29, 0.717) is 11.1 Å². The van der Waals surface area contributed by atoms with Gasteiger partial charge in [-0.2, -0.15) is 18.6 Å². The van der Waals surface area contributed by atoms with Crippen LogP contribution in [0.1, 0.15) is 37.4 Å². The molecule has 0 aliphatic rings. The highest BCUT2D eigenvalue weighted by Crippen LogP contribution is 2.21. The number of aryl methyl sites for hydroxylation is 3. The lowest BCUT2D eigenvalue weighted by Crippen LogP contribution is -2.19. The largest absolute Gasteiger partial charge is 0.294 e. The minimum absolute atomic E-state index is 0.0666. The quantitative estimate of drug-likeness (QED) is 0.0713. The van der Waals surface area contributed by atoms with Crippen LogP contribution in [0.25, 0.3) is 33.8 Å². The van der Waals surface area contributed by atoms with Crippen LogP contribution in [0.4, 0.5) is 0 Å². The first-order chi connectivity index (χ1) is 28.4. The van der Waals surface area contributed by atoms with Crippen molar-refractivity contribution in [1.82, 2.24) is 20.0 Å². The molecule has 0 aliphatic heterocycles. The Morgan fingerprint density at radius 2 is 1.00 bits per heavy atom. The summed E-state index contributed by atoms with van der Waals surface area (Å²) in [6.07, 6.45) is 11.4. The van der Waals surface area contributed by atoms with Crippen molar-refractivity contribution in [2.24, 2.45) is 24.3 Å². The van der Waals surface area contributed by atoms with Crippen molar-refractivity contribution in [3.05, 3.63) is 186 Å². The van der Waals surface area contributed by atoms with Crippen LogP contribution < -0.4 is 19.7 Å². The molecule has 4 aromatic carbocycles. The molecule has 8 aromatic rings. The smallest absolute Gasteiger partial charge is 0.282 e. The number of rotatable bonds is 9. The summed E-state index contributed by atoms with van der Waals surface area (Å²) in [5.41, 5.74) is 15.0. The fraction of sp³-hybridized carbons (Fsp3) is 0.0667. The third-order valence-corrected chi connectivity index (χ3v) is 10.4. The van der Waals surface area contributed by atoms with Crippen LogP contribution in [0.15, 0.2) is 173 Å². The summed E-state index contributed by atoms with van der Waals surface area (Å²) in [6.45, 7) is 1.84. The van der Waals surface area contributed by atoms with E-state index in [1.54, 1.807) is 48.8 Å². The van der Waals surface area contributed by atoms with Gasteiger partial charge in [0.25, 0.3) is 33.2 Å². The highest BCUT2D eigenvalue weighted by molar-refractivity contribution is 7.85. The van der Waals surface area contributed by atoms with Crippen LogP contribution in [0.3, 0.4) is 0 Å². The van der Waals surface area contributed by atoms with Crippen molar-refractivity contribution >= 4 is 45.7 Å². The second-order valence-corrected chi connectivity index (χ2v) is 15.0. The van der Waals surface area contributed by atoms with E-state index in [2.05, 4.69) is 63.5 Å². The molecule has 8 rings (SSSR count). The lowest BCUT2D eigenvalue weighted by molar-refractivity contribution is -0.510. The van der Waals surface area contributed by atoms with E-state index in [9.17, 15) is 18.0 Å². The van der Waals surface area contributed by atoms with Crippen LogP contribution >= 0.6 is 0 Å². The number of hydrazone groups is 2. The van der Waals surface area contributed by atoms with Crippen molar-refractivity contribution < 1.29 is 31.4 Å². The van der Waals surface area contributed by atoms with Gasteiger partial charge in [-0.1, -0.05) is 54.1 Å². The topological polar surface area (TPSA) is 155 Å². The summed E-state index contributed by atoms with van der Waals surface area (Å²) < 4.78 is 38.0. The van der Waals surface area contributed by atoms with Gasteiger partial charge in [-0.15, -0.1) is 0 Å². The Morgan fingerprint density at radius 1 is 0.593 bits per heavy atom. The number of aromatic nitrogens is 4. The maximum absolute atomic E-state index is 12.6. The van der Waals surface area contributed by atoms with E-state index in [4.69, 9.17) is 4.55 Å². The SMILES string of the molecule is Cc1ccc(S(=O)(=O)O)cc1.Cn1c(-c2ccc(C=NNC(=O)c3ccc(C(=O)NN=Cc4ccc(-c5c[n+]6ccccc6n5C)cc4)cc3)cc2)c[n+]2ccccc12. The van der Waals surface area contributed by atoms with Crippen molar-refractivity contribution in [3.63, 3.8) is 0 Å². The Balaban J connectivity index is 0.000000417. The van der Waals surface area contributed by atoms with Gasteiger partial charge in [0.05, 0.1) is 43.8 Å². The molecule has 14 heteroatoms. The van der Waals surface area contributed by atoms with Gasteiger partial charge >= 0.3 is 0 Å². The van der Waals surface area contributed by atoms with Gasteiger partial charge in [-0.25, -0.2) is 28.8 Å². The third kappa shape index (κ3) is 9.37. The highest BCUT2D eigenvalue weighted by Gasteiger charge is 2.16. The van der Waals surface area contributed by atoms with E-state index in [-0.39, 0.29) is 16.7 Å². The Hall–Kier alpha value is -7.55. The molecule has 0 atom stereocenters. The molecule has 2 amide bonds. The Labute approximate surface area is 340 Å². The van der Waals surface area contributed by atoms with Crippen molar-refractivity contribution in [3.8, 4) is 22.5 Å². The summed E-state index contributed by atoms with van der Waals surface area (Å²) in [7, 11) is 0.0562. The molecule has 0 unspecified atom stereocenters. The summed E-state index contributed by atoms with van der Waals surface area (Å²) in [5.74, 6) is -0.767. The number of nitrogens with zero attached hydrogens (tertiary/aromatic N) is 6. The Kier molecular flexibility index (Phi) is 11.6. The van der Waals surface area contributed by atoms with Gasteiger partial charge in [0.2, 0.25) is 0 Å². The molecule has 0 saturated carbocycles. The zero-order chi connectivity index (χ0) is 41.5. The fourth-order valence-corrected chi connectivity index (χ4v) is 6.80. The number of nitrogens with one attached hydrogen (secondary N) is 2. The predicted octanol–water partition coefficient (Wildman–Crippen LogP) is 5.94. The summed E-state index contributed by atoms with van der Waals surface area (Å²) in [4.78, 5) is 25.2. The molecule has 0 bridgehead atoms. The molecule has 3 N–H and O–H groups in total. The minimum Gasteiger partial charge on any atom is -0.282 e. The second-order valence-electron chi connectivity index (χ2n) is 13.6. The average molecular weight is 805 g/mol. The molecule has 13 nitrogen and oxygen atoms in total. The van der Waals surface area contributed by atoms with Crippen molar-refractivity contribution in [2.45, 2.75) is 11.8 Å². The van der Waals surface area contributed by atoms with E-state index in [1.807, 2.05) is 106 Å². The minimum atomic E-state index is -4.02. The average Bonchev–Trinajstić information content (AvgIpc) is 3.77. The second kappa shape index (κ2) is 17.3. The molecule has 0 radical (unpaired) electrons. The molecule has 0 saturated heterocycles. The maximum atomic E-state index is 12.6. The van der Waals surface area contributed by atoms with Crippen LogP contribution in [0.5, 0.6) is 0 Å². The van der Waals surface area contributed by atoms with Crippen molar-refractivity contribution in [1.29, 1.82) is 0 Å². The Bertz CT molecular complexity index is 2790. The van der Waals surface area contributed by atoms with E-state index >= 15 is 0 Å². The number of carbonyl (C=O) groups excluding carboxylic acids is 2. The van der Waals surface area contributed by atoms with E-state index in [1.165, 1.54) is 12.1 Å². The molecule has 294 valence electrons. The van der Waals surface area contributed by atoms with Gasteiger partial charge in [0.1, 0.15) is 12.4 Å². The molecule has 0 fully saturated rings. The first-order valence-corrected chi connectivity index (χ1v) is 19.8. The first kappa shape index (κ1) is 39.7. The van der Waals surface area contributed by atoms with E-state index in [0.717, 1.165) is 50.5 Å². The van der Waals surface area contributed by atoms with Crippen LogP contribution in [0, 0.1) is 6.92 Å². The fourth-order valence-electron chi connectivity index (χ4n) is 6.32. The zero-order valence-electron chi connectivity index (χ0n) is 32.3. The molecule has 59 heavy (non-hydrogen) atoms. The normalized spacial score (nSPS) is 11.5. The number of fused-ring (bicyclic) bond motifs is 2. The standard InChI is InChI=1S/C38H30N8O2.C7H8O3S/c1-43-33(25-45-21-5-3-7-35(43)45)29-13-9-27(10-14-29)23-39-41-37(47)31-17-19-32(20-18-31)38(48)42-40-24-28-11-15-30(16-12-28)34-26-46-22-6-4-8-36(46)44(34)2;1-6-2-4-7(5-3-6)11(8,9)10/h3-26H,1-2H3;2-5H,1H3,(H,8,9,10)/p+2. The van der Waals surface area contributed by atoms with E-state index < -0.39 is 10.1 Å². The lowest BCUT2D eigenvalue weighted by Gasteiger charge is -2.03. The summed E-state index contributed by atoms with van der Waals surface area (Å²) in [5, 5.41) is 8.20. The van der Waals surface area contributed by atoms with Gasteiger partial charge in [-0.3, -0.25) is 14.1 Å². The Morgan fingerprint density at radius 3 is 1.37 bits per heavy atom. The third-order valence-electron chi connectivity index (χ3n) is 9.57. The number of amides is 2. The molecule has 0 spiro atoms. The predicted molar refractivity (Wildman–Crippen MR) is 226 cm³/mol.